The zero-order chi connectivity index (χ0) is 15.2. The Bertz CT molecular complexity index is 539. The van der Waals surface area contributed by atoms with Crippen molar-refractivity contribution in [2.45, 2.75) is 13.1 Å². The first kappa shape index (κ1) is 15.8. The summed E-state index contributed by atoms with van der Waals surface area (Å²) in [5.41, 5.74) is 0.167. The summed E-state index contributed by atoms with van der Waals surface area (Å²) in [4.78, 5) is 0. The Balaban J connectivity index is 2.61. The lowest BCUT2D eigenvalue weighted by Crippen LogP contribution is -2.08. The molecule has 2 nitrogen and oxygen atoms in total. The van der Waals surface area contributed by atoms with Gasteiger partial charge in [-0.25, -0.2) is 0 Å². The van der Waals surface area contributed by atoms with E-state index in [1.165, 1.54) is 0 Å². The largest absolute Gasteiger partial charge is 0.440 e. The Morgan fingerprint density at radius 1 is 1.25 bits per heavy atom. The van der Waals surface area contributed by atoms with Gasteiger partial charge in [-0.15, -0.1) is 0 Å². The van der Waals surface area contributed by atoms with Gasteiger partial charge in [-0.3, -0.25) is 5.41 Å². The number of hydrogen-bond donors (Lipinski definition) is 1. The number of halogens is 3. The number of nitrogens with one attached hydrogen (secondary N) is 1. The molecule has 0 fully saturated rings. The molecule has 0 spiro atoms. The summed E-state index contributed by atoms with van der Waals surface area (Å²) in [6, 6.07) is 6.81. The predicted molar refractivity (Wildman–Crippen MR) is 73.8 cm³/mol. The van der Waals surface area contributed by atoms with Crippen molar-refractivity contribution in [2.75, 3.05) is 0 Å². The van der Waals surface area contributed by atoms with Gasteiger partial charge in [0.15, 0.2) is 0 Å². The molecule has 0 amide bonds. The second-order valence-corrected chi connectivity index (χ2v) is 3.95. The van der Waals surface area contributed by atoms with Crippen LogP contribution in [0.2, 0.25) is 0 Å². The lowest BCUT2D eigenvalue weighted by Gasteiger charge is -2.05. The van der Waals surface area contributed by atoms with Crippen LogP contribution in [0.15, 0.2) is 54.6 Å². The van der Waals surface area contributed by atoms with Gasteiger partial charge in [0, 0.05) is 11.6 Å². The maximum atomic E-state index is 12.2. The second-order valence-electron chi connectivity index (χ2n) is 3.95. The molecule has 0 atom stereocenters. The number of allylic oxidation sites excluding steroid dienone is 3. The van der Waals surface area contributed by atoms with Gasteiger partial charge in [0.1, 0.15) is 5.75 Å². The third kappa shape index (κ3) is 5.14. The molecule has 0 saturated heterocycles. The Kier molecular flexibility index (Phi) is 5.32. The lowest BCUT2D eigenvalue weighted by molar-refractivity contribution is -0.0912. The van der Waals surface area contributed by atoms with E-state index in [2.05, 4.69) is 6.58 Å². The zero-order valence-electron chi connectivity index (χ0n) is 10.9. The number of ether oxygens (including phenoxy) is 1. The van der Waals surface area contributed by atoms with Crippen molar-refractivity contribution < 1.29 is 17.9 Å². The predicted octanol–water partition coefficient (Wildman–Crippen LogP) is 4.75. The first-order chi connectivity index (χ1) is 9.32. The molecular formula is C15H14F3NO. The van der Waals surface area contributed by atoms with Crippen molar-refractivity contribution in [3.05, 3.63) is 60.2 Å². The lowest BCUT2D eigenvalue weighted by atomic mass is 10.2. The van der Waals surface area contributed by atoms with Gasteiger partial charge in [0.2, 0.25) is 5.90 Å². The molecular weight excluding hydrogens is 267 g/mol. The van der Waals surface area contributed by atoms with E-state index in [9.17, 15) is 13.2 Å². The first-order valence-electron chi connectivity index (χ1n) is 5.74. The Labute approximate surface area is 115 Å². The van der Waals surface area contributed by atoms with Crippen molar-refractivity contribution in [1.82, 2.24) is 0 Å². The molecule has 1 aromatic rings. The van der Waals surface area contributed by atoms with E-state index >= 15 is 0 Å². The highest BCUT2D eigenvalue weighted by Gasteiger charge is 2.29. The summed E-state index contributed by atoms with van der Waals surface area (Å²) in [6.45, 7) is 4.57. The summed E-state index contributed by atoms with van der Waals surface area (Å²) in [5.74, 6) is 0.185. The van der Waals surface area contributed by atoms with Gasteiger partial charge >= 0.3 is 6.18 Å². The number of rotatable bonds is 4. The van der Waals surface area contributed by atoms with Crippen LogP contribution in [0.25, 0.3) is 6.08 Å². The minimum atomic E-state index is -4.35. The van der Waals surface area contributed by atoms with Crippen LogP contribution in [0.3, 0.4) is 0 Å². The van der Waals surface area contributed by atoms with Crippen molar-refractivity contribution in [3.8, 4) is 5.75 Å². The molecule has 0 radical (unpaired) electrons. The van der Waals surface area contributed by atoms with Gasteiger partial charge in [0.05, 0.1) is 0 Å². The Morgan fingerprint density at radius 3 is 2.35 bits per heavy atom. The van der Waals surface area contributed by atoms with Gasteiger partial charge in [-0.2, -0.15) is 13.2 Å². The van der Waals surface area contributed by atoms with Crippen molar-refractivity contribution >= 4 is 12.0 Å². The van der Waals surface area contributed by atoms with Gasteiger partial charge < -0.3 is 4.74 Å². The molecule has 1 rings (SSSR count). The topological polar surface area (TPSA) is 33.1 Å². The minimum Gasteiger partial charge on any atom is -0.440 e. The number of alkyl halides is 3. The summed E-state index contributed by atoms with van der Waals surface area (Å²) in [5, 5.41) is 7.49. The van der Waals surface area contributed by atoms with Gasteiger partial charge in [-0.1, -0.05) is 36.9 Å². The molecule has 1 aromatic carbocycles. The van der Waals surface area contributed by atoms with Crippen LogP contribution in [0.4, 0.5) is 13.2 Å². The summed E-state index contributed by atoms with van der Waals surface area (Å²) >= 11 is 0. The third-order valence-electron chi connectivity index (χ3n) is 2.38. The van der Waals surface area contributed by atoms with E-state index in [1.54, 1.807) is 30.3 Å². The van der Waals surface area contributed by atoms with E-state index in [0.29, 0.717) is 5.75 Å². The molecule has 5 heteroatoms. The molecule has 0 aliphatic heterocycles. The quantitative estimate of drug-likeness (QED) is 0.482. The summed E-state index contributed by atoms with van der Waals surface area (Å²) in [6.07, 6.45) is 0.478. The van der Waals surface area contributed by atoms with Crippen LogP contribution in [0.1, 0.15) is 12.5 Å². The monoisotopic (exact) mass is 281 g/mol. The fourth-order valence-corrected chi connectivity index (χ4v) is 1.21. The van der Waals surface area contributed by atoms with Crippen molar-refractivity contribution in [2.24, 2.45) is 0 Å². The Morgan fingerprint density at radius 2 is 1.85 bits per heavy atom. The van der Waals surface area contributed by atoms with E-state index in [-0.39, 0.29) is 5.90 Å². The molecule has 20 heavy (non-hydrogen) atoms. The maximum Gasteiger partial charge on any atom is 0.412 e. The van der Waals surface area contributed by atoms with E-state index in [0.717, 1.165) is 30.7 Å². The van der Waals surface area contributed by atoms with Crippen LogP contribution in [0, 0.1) is 5.41 Å². The maximum absolute atomic E-state index is 12.2. The molecule has 106 valence electrons. The molecule has 0 aliphatic carbocycles. The molecule has 0 unspecified atom stereocenters. The minimum absolute atomic E-state index is 0.248. The molecule has 0 bridgehead atoms. The molecule has 0 aliphatic rings. The number of hydrogen-bond acceptors (Lipinski definition) is 2. The molecule has 0 saturated carbocycles. The van der Waals surface area contributed by atoms with Crippen molar-refractivity contribution in [3.63, 3.8) is 0 Å². The van der Waals surface area contributed by atoms with Crippen LogP contribution < -0.4 is 4.74 Å². The number of benzene rings is 1. The van der Waals surface area contributed by atoms with Crippen LogP contribution in [-0.2, 0) is 0 Å². The van der Waals surface area contributed by atoms with Crippen LogP contribution in [0.5, 0.6) is 5.75 Å². The standard InChI is InChI=1S/C15H14F3NO/c1-3-12-7-9-13(10-8-12)20-14(19)6-4-5-11(2)15(16,17)18/h3-10,19H,1H2,2H3/b6-4-,11-5+,19-14?. The normalized spacial score (nSPS) is 12.5. The Hall–Kier alpha value is -2.30. The smallest absolute Gasteiger partial charge is 0.412 e. The highest BCUT2D eigenvalue weighted by atomic mass is 19.4. The van der Waals surface area contributed by atoms with Gasteiger partial charge in [-0.05, 0) is 24.6 Å². The van der Waals surface area contributed by atoms with Crippen LogP contribution >= 0.6 is 0 Å². The van der Waals surface area contributed by atoms with Crippen molar-refractivity contribution in [1.29, 1.82) is 5.41 Å². The molecule has 0 heterocycles. The van der Waals surface area contributed by atoms with Gasteiger partial charge in [0.25, 0.3) is 0 Å². The highest BCUT2D eigenvalue weighted by Crippen LogP contribution is 2.24. The SMILES string of the molecule is C=Cc1ccc(OC(=N)/C=C\C=C(/C)C(F)(F)F)cc1. The van der Waals surface area contributed by atoms with E-state index < -0.39 is 11.7 Å². The summed E-state index contributed by atoms with van der Waals surface area (Å²) in [7, 11) is 0. The average Bonchev–Trinajstić information content (AvgIpc) is 2.38. The fourth-order valence-electron chi connectivity index (χ4n) is 1.21. The molecule has 1 N–H and O–H groups in total. The third-order valence-corrected chi connectivity index (χ3v) is 2.38. The average molecular weight is 281 g/mol. The summed E-state index contributed by atoms with van der Waals surface area (Å²) < 4.78 is 41.7. The first-order valence-corrected chi connectivity index (χ1v) is 5.74. The molecule has 0 aromatic heterocycles. The van der Waals surface area contributed by atoms with E-state index in [4.69, 9.17) is 10.1 Å². The highest BCUT2D eigenvalue weighted by molar-refractivity contribution is 5.87. The zero-order valence-corrected chi connectivity index (χ0v) is 10.9. The fraction of sp³-hybridized carbons (Fsp3) is 0.133. The van der Waals surface area contributed by atoms with E-state index in [1.807, 2.05) is 0 Å². The second kappa shape index (κ2) is 6.75. The van der Waals surface area contributed by atoms with Crippen LogP contribution in [-0.4, -0.2) is 12.1 Å².